The second-order valence-corrected chi connectivity index (χ2v) is 5.94. The standard InChI is InChI=1S/C11H11IN2O2S/c1-7(10-13-2-3-17-10)5-14-6-8(12)4-9(14)11(15)16/h2-4,6-7H,5H2,1H3,(H,15,16). The molecule has 0 amide bonds. The van der Waals surface area contributed by atoms with Gasteiger partial charge in [0, 0.05) is 33.8 Å². The number of aromatic nitrogens is 2. The second-order valence-electron chi connectivity index (χ2n) is 3.77. The molecule has 1 unspecified atom stereocenters. The molecule has 90 valence electrons. The van der Waals surface area contributed by atoms with Crippen molar-refractivity contribution in [2.24, 2.45) is 0 Å². The van der Waals surface area contributed by atoms with E-state index in [9.17, 15) is 4.79 Å². The van der Waals surface area contributed by atoms with Crippen molar-refractivity contribution in [3.63, 3.8) is 0 Å². The third-order valence-electron chi connectivity index (χ3n) is 2.43. The first-order chi connectivity index (χ1) is 8.08. The fraction of sp³-hybridized carbons (Fsp3) is 0.273. The molecule has 0 spiro atoms. The average molecular weight is 362 g/mol. The zero-order chi connectivity index (χ0) is 12.4. The van der Waals surface area contributed by atoms with Crippen molar-refractivity contribution in [2.75, 3.05) is 0 Å². The van der Waals surface area contributed by atoms with E-state index in [1.807, 2.05) is 11.6 Å². The van der Waals surface area contributed by atoms with E-state index in [1.165, 1.54) is 0 Å². The number of thiazole rings is 1. The number of halogens is 1. The topological polar surface area (TPSA) is 55.1 Å². The van der Waals surface area contributed by atoms with Crippen LogP contribution in [-0.2, 0) is 6.54 Å². The molecule has 4 nitrogen and oxygen atoms in total. The molecule has 2 rings (SSSR count). The Morgan fingerprint density at radius 1 is 1.71 bits per heavy atom. The summed E-state index contributed by atoms with van der Waals surface area (Å²) >= 11 is 3.72. The number of hydrogen-bond donors (Lipinski definition) is 1. The first kappa shape index (κ1) is 12.6. The largest absolute Gasteiger partial charge is 0.477 e. The number of nitrogens with zero attached hydrogens (tertiary/aromatic N) is 2. The average Bonchev–Trinajstić information content (AvgIpc) is 2.86. The maximum atomic E-state index is 11.1. The second kappa shape index (κ2) is 5.18. The van der Waals surface area contributed by atoms with E-state index in [4.69, 9.17) is 5.11 Å². The van der Waals surface area contributed by atoms with Gasteiger partial charge in [0.2, 0.25) is 0 Å². The summed E-state index contributed by atoms with van der Waals surface area (Å²) in [7, 11) is 0. The van der Waals surface area contributed by atoms with Crippen molar-refractivity contribution in [2.45, 2.75) is 19.4 Å². The summed E-state index contributed by atoms with van der Waals surface area (Å²) in [5.74, 6) is -0.671. The number of rotatable bonds is 4. The van der Waals surface area contributed by atoms with Crippen LogP contribution in [0, 0.1) is 3.57 Å². The van der Waals surface area contributed by atoms with Crippen molar-refractivity contribution in [1.82, 2.24) is 9.55 Å². The molecule has 2 aromatic rings. The lowest BCUT2D eigenvalue weighted by atomic mass is 10.2. The third kappa shape index (κ3) is 2.86. The summed E-state index contributed by atoms with van der Waals surface area (Å²) in [5.41, 5.74) is 0.331. The quantitative estimate of drug-likeness (QED) is 0.851. The van der Waals surface area contributed by atoms with Gasteiger partial charge in [-0.05, 0) is 28.7 Å². The first-order valence-corrected chi connectivity index (χ1v) is 7.02. The van der Waals surface area contributed by atoms with Crippen LogP contribution in [0.1, 0.15) is 28.3 Å². The van der Waals surface area contributed by atoms with Gasteiger partial charge in [0.05, 0.1) is 5.01 Å². The molecule has 0 aliphatic heterocycles. The molecule has 0 saturated heterocycles. The minimum Gasteiger partial charge on any atom is -0.477 e. The van der Waals surface area contributed by atoms with Crippen LogP contribution >= 0.6 is 33.9 Å². The van der Waals surface area contributed by atoms with Crippen LogP contribution in [0.5, 0.6) is 0 Å². The molecule has 17 heavy (non-hydrogen) atoms. The number of hydrogen-bond acceptors (Lipinski definition) is 3. The summed E-state index contributed by atoms with van der Waals surface area (Å²) in [4.78, 5) is 15.3. The predicted molar refractivity (Wildman–Crippen MR) is 74.6 cm³/mol. The minimum absolute atomic E-state index is 0.219. The van der Waals surface area contributed by atoms with Crippen molar-refractivity contribution in [3.05, 3.63) is 38.1 Å². The van der Waals surface area contributed by atoms with Gasteiger partial charge in [-0.3, -0.25) is 0 Å². The lowest BCUT2D eigenvalue weighted by Gasteiger charge is -2.11. The van der Waals surface area contributed by atoms with Gasteiger partial charge in [0.15, 0.2) is 0 Å². The maximum Gasteiger partial charge on any atom is 0.352 e. The van der Waals surface area contributed by atoms with Gasteiger partial charge in [-0.1, -0.05) is 6.92 Å². The normalized spacial score (nSPS) is 12.6. The van der Waals surface area contributed by atoms with Crippen molar-refractivity contribution in [1.29, 1.82) is 0 Å². The van der Waals surface area contributed by atoms with E-state index in [2.05, 4.69) is 34.5 Å². The lowest BCUT2D eigenvalue weighted by molar-refractivity contribution is 0.0684. The maximum absolute atomic E-state index is 11.1. The van der Waals surface area contributed by atoms with Gasteiger partial charge >= 0.3 is 5.97 Å². The summed E-state index contributed by atoms with van der Waals surface area (Å²) in [6.45, 7) is 2.69. The Hall–Kier alpha value is -0.890. The number of carboxylic acid groups (broad SMARTS) is 1. The fourth-order valence-electron chi connectivity index (χ4n) is 1.66. The molecule has 1 N–H and O–H groups in total. The van der Waals surface area contributed by atoms with Gasteiger partial charge < -0.3 is 9.67 Å². The Morgan fingerprint density at radius 2 is 2.47 bits per heavy atom. The van der Waals surface area contributed by atoms with Gasteiger partial charge in [0.1, 0.15) is 5.69 Å². The van der Waals surface area contributed by atoms with Crippen molar-refractivity contribution < 1.29 is 9.90 Å². The van der Waals surface area contributed by atoms with Crippen LogP contribution in [0.25, 0.3) is 0 Å². The predicted octanol–water partition coefficient (Wildman–Crippen LogP) is 3.05. The van der Waals surface area contributed by atoms with E-state index in [1.54, 1.807) is 28.2 Å². The third-order valence-corrected chi connectivity index (χ3v) is 4.02. The highest BCUT2D eigenvalue weighted by Gasteiger charge is 2.15. The van der Waals surface area contributed by atoms with Crippen LogP contribution in [0.4, 0.5) is 0 Å². The Labute approximate surface area is 116 Å². The van der Waals surface area contributed by atoms with E-state index in [-0.39, 0.29) is 5.92 Å². The smallest absolute Gasteiger partial charge is 0.352 e. The molecule has 2 heterocycles. The molecule has 6 heteroatoms. The van der Waals surface area contributed by atoms with Gasteiger partial charge in [-0.25, -0.2) is 9.78 Å². The van der Waals surface area contributed by atoms with Crippen molar-refractivity contribution >= 4 is 39.9 Å². The zero-order valence-electron chi connectivity index (χ0n) is 9.13. The van der Waals surface area contributed by atoms with Gasteiger partial charge in [-0.15, -0.1) is 11.3 Å². The van der Waals surface area contributed by atoms with Crippen LogP contribution in [0.2, 0.25) is 0 Å². The molecule has 2 aromatic heterocycles. The molecule has 0 aliphatic rings. The Morgan fingerprint density at radius 3 is 3.06 bits per heavy atom. The molecule has 0 radical (unpaired) electrons. The molecular weight excluding hydrogens is 351 g/mol. The lowest BCUT2D eigenvalue weighted by Crippen LogP contribution is -2.11. The molecule has 0 aliphatic carbocycles. The highest BCUT2D eigenvalue weighted by Crippen LogP contribution is 2.21. The van der Waals surface area contributed by atoms with Crippen molar-refractivity contribution in [3.8, 4) is 0 Å². The fourth-order valence-corrected chi connectivity index (χ4v) is 2.98. The Kier molecular flexibility index (Phi) is 3.82. The minimum atomic E-state index is -0.890. The van der Waals surface area contributed by atoms with Gasteiger partial charge in [-0.2, -0.15) is 0 Å². The number of carboxylic acids is 1. The molecule has 1 atom stereocenters. The molecule has 0 aromatic carbocycles. The first-order valence-electron chi connectivity index (χ1n) is 5.06. The summed E-state index contributed by atoms with van der Waals surface area (Å²) in [6.07, 6.45) is 3.63. The van der Waals surface area contributed by atoms with Crippen LogP contribution < -0.4 is 0 Å². The zero-order valence-corrected chi connectivity index (χ0v) is 12.1. The van der Waals surface area contributed by atoms with E-state index in [0.717, 1.165) is 8.58 Å². The van der Waals surface area contributed by atoms with E-state index in [0.29, 0.717) is 12.2 Å². The molecule has 0 fully saturated rings. The van der Waals surface area contributed by atoms with E-state index < -0.39 is 5.97 Å². The Balaban J connectivity index is 2.21. The highest BCUT2D eigenvalue weighted by atomic mass is 127. The SMILES string of the molecule is CC(Cn1cc(I)cc1C(=O)O)c1nccs1. The summed E-state index contributed by atoms with van der Waals surface area (Å²) < 4.78 is 2.71. The van der Waals surface area contributed by atoms with Crippen LogP contribution in [0.15, 0.2) is 23.8 Å². The van der Waals surface area contributed by atoms with Crippen LogP contribution in [0.3, 0.4) is 0 Å². The summed E-state index contributed by atoms with van der Waals surface area (Å²) in [5, 5.41) is 12.1. The monoisotopic (exact) mass is 362 g/mol. The number of aromatic carboxylic acids is 1. The van der Waals surface area contributed by atoms with Gasteiger partial charge in [0.25, 0.3) is 0 Å². The summed E-state index contributed by atoms with van der Waals surface area (Å²) in [6, 6.07) is 1.68. The van der Waals surface area contributed by atoms with E-state index >= 15 is 0 Å². The highest BCUT2D eigenvalue weighted by molar-refractivity contribution is 14.1. The Bertz CT molecular complexity index is 522. The number of carbonyl (C=O) groups is 1. The molecular formula is C11H11IN2O2S. The molecule has 0 saturated carbocycles. The molecule has 0 bridgehead atoms. The van der Waals surface area contributed by atoms with Crippen LogP contribution in [-0.4, -0.2) is 20.6 Å².